The van der Waals surface area contributed by atoms with E-state index in [1.807, 2.05) is 36.5 Å². The van der Waals surface area contributed by atoms with Gasteiger partial charge < -0.3 is 15.3 Å². The van der Waals surface area contributed by atoms with Crippen LogP contribution >= 0.6 is 0 Å². The molecule has 116 valence electrons. The molecule has 0 spiro atoms. The number of carboxylic acids is 2. The van der Waals surface area contributed by atoms with Gasteiger partial charge in [0.2, 0.25) is 0 Å². The van der Waals surface area contributed by atoms with Crippen molar-refractivity contribution in [1.82, 2.24) is 4.98 Å². The average molecular weight is 311 g/mol. The van der Waals surface area contributed by atoms with E-state index in [4.69, 9.17) is 10.2 Å². The fourth-order valence-corrected chi connectivity index (χ4v) is 1.99. The number of benzene rings is 2. The molecule has 23 heavy (non-hydrogen) atoms. The fraction of sp³-hybridized carbons (Fsp3) is 0. The molecule has 0 bridgehead atoms. The van der Waals surface area contributed by atoms with Crippen molar-refractivity contribution in [2.75, 3.05) is 0 Å². The summed E-state index contributed by atoms with van der Waals surface area (Å²) in [5.41, 5.74) is 0.909. The number of carboxylic acid groups (broad SMARTS) is 2. The number of phenolic OH excluding ortho intramolecular Hbond substituents is 1. The molecule has 3 rings (SSSR count). The Bertz CT molecular complexity index is 886. The summed E-state index contributed by atoms with van der Waals surface area (Å²) in [6.45, 7) is 0. The van der Waals surface area contributed by atoms with E-state index in [0.717, 1.165) is 21.7 Å². The van der Waals surface area contributed by atoms with E-state index in [-0.39, 0.29) is 5.75 Å². The standard InChI is InChI=1S/C13H9NO.C4H4O4/c15-10-5-6-13-12(7-10)11-4-2-1-3-9(11)8-14-13;5-3(6)1-2-4(7)8/h1-8,15H;1-2H,(H,5,6)(H,7,8)/b;2-1-. The number of carbonyl (C=O) groups is 2. The first kappa shape index (κ1) is 16.0. The highest BCUT2D eigenvalue weighted by atomic mass is 16.4. The zero-order valence-corrected chi connectivity index (χ0v) is 11.9. The molecular weight excluding hydrogens is 298 g/mol. The molecule has 1 heterocycles. The van der Waals surface area contributed by atoms with Gasteiger partial charge in [0.25, 0.3) is 0 Å². The number of hydrogen-bond acceptors (Lipinski definition) is 4. The summed E-state index contributed by atoms with van der Waals surface area (Å²) < 4.78 is 0. The molecule has 2 aromatic carbocycles. The molecule has 6 heteroatoms. The maximum atomic E-state index is 9.55. The topological polar surface area (TPSA) is 108 Å². The minimum atomic E-state index is -1.26. The maximum absolute atomic E-state index is 9.55. The highest BCUT2D eigenvalue weighted by Gasteiger charge is 2.01. The molecule has 0 radical (unpaired) electrons. The Hall–Kier alpha value is -3.41. The van der Waals surface area contributed by atoms with Crippen molar-refractivity contribution in [3.63, 3.8) is 0 Å². The van der Waals surface area contributed by atoms with Crippen LogP contribution < -0.4 is 0 Å². The molecule has 0 aliphatic carbocycles. The highest BCUT2D eigenvalue weighted by molar-refractivity contribution is 6.05. The number of pyridine rings is 1. The van der Waals surface area contributed by atoms with Crippen molar-refractivity contribution < 1.29 is 24.9 Å². The van der Waals surface area contributed by atoms with Crippen LogP contribution in [0.3, 0.4) is 0 Å². The number of aromatic hydroxyl groups is 1. The van der Waals surface area contributed by atoms with E-state index < -0.39 is 11.9 Å². The first-order chi connectivity index (χ1) is 11.0. The molecule has 0 fully saturated rings. The monoisotopic (exact) mass is 311 g/mol. The molecule has 3 N–H and O–H groups in total. The molecule has 0 aliphatic heterocycles. The predicted molar refractivity (Wildman–Crippen MR) is 85.3 cm³/mol. The van der Waals surface area contributed by atoms with Crippen LogP contribution in [0.15, 0.2) is 60.8 Å². The fourth-order valence-electron chi connectivity index (χ4n) is 1.99. The summed E-state index contributed by atoms with van der Waals surface area (Å²) in [5.74, 6) is -2.24. The van der Waals surface area contributed by atoms with Crippen molar-refractivity contribution in [3.05, 3.63) is 60.8 Å². The van der Waals surface area contributed by atoms with E-state index in [0.29, 0.717) is 12.2 Å². The summed E-state index contributed by atoms with van der Waals surface area (Å²) in [6.07, 6.45) is 2.97. The molecule has 6 nitrogen and oxygen atoms in total. The summed E-state index contributed by atoms with van der Waals surface area (Å²) >= 11 is 0. The Balaban J connectivity index is 0.000000207. The van der Waals surface area contributed by atoms with Gasteiger partial charge in [-0.3, -0.25) is 4.98 Å². The van der Waals surface area contributed by atoms with Gasteiger partial charge in [-0.15, -0.1) is 0 Å². The van der Waals surface area contributed by atoms with Gasteiger partial charge in [-0.25, -0.2) is 9.59 Å². The quantitative estimate of drug-likeness (QED) is 0.496. The zero-order valence-electron chi connectivity index (χ0n) is 11.9. The van der Waals surface area contributed by atoms with Gasteiger partial charge >= 0.3 is 11.9 Å². The Morgan fingerprint density at radius 2 is 1.57 bits per heavy atom. The number of aliphatic carboxylic acids is 2. The lowest BCUT2D eigenvalue weighted by atomic mass is 10.1. The van der Waals surface area contributed by atoms with Crippen LogP contribution in [0.2, 0.25) is 0 Å². The van der Waals surface area contributed by atoms with Gasteiger partial charge in [0.15, 0.2) is 0 Å². The lowest BCUT2D eigenvalue weighted by Crippen LogP contribution is -1.91. The van der Waals surface area contributed by atoms with E-state index in [9.17, 15) is 14.7 Å². The van der Waals surface area contributed by atoms with E-state index in [1.165, 1.54) is 0 Å². The third kappa shape index (κ3) is 4.28. The van der Waals surface area contributed by atoms with Crippen molar-refractivity contribution in [2.45, 2.75) is 0 Å². The van der Waals surface area contributed by atoms with Crippen LogP contribution in [-0.4, -0.2) is 32.2 Å². The minimum Gasteiger partial charge on any atom is -0.508 e. The van der Waals surface area contributed by atoms with E-state index >= 15 is 0 Å². The third-order valence-electron chi connectivity index (χ3n) is 2.94. The molecule has 1 aromatic heterocycles. The number of aromatic nitrogens is 1. The highest BCUT2D eigenvalue weighted by Crippen LogP contribution is 2.25. The van der Waals surface area contributed by atoms with Gasteiger partial charge in [-0.1, -0.05) is 24.3 Å². The second-order valence-electron chi connectivity index (χ2n) is 4.56. The van der Waals surface area contributed by atoms with Gasteiger partial charge in [0.1, 0.15) is 5.75 Å². The maximum Gasteiger partial charge on any atom is 0.328 e. The van der Waals surface area contributed by atoms with Gasteiger partial charge in [-0.2, -0.15) is 0 Å². The Morgan fingerprint density at radius 3 is 2.22 bits per heavy atom. The molecular formula is C17H13NO5. The van der Waals surface area contributed by atoms with Crippen LogP contribution in [-0.2, 0) is 9.59 Å². The summed E-state index contributed by atoms with van der Waals surface area (Å²) in [4.78, 5) is 23.4. The average Bonchev–Trinajstić information content (AvgIpc) is 2.53. The molecule has 3 aromatic rings. The number of rotatable bonds is 2. The third-order valence-corrected chi connectivity index (χ3v) is 2.94. The molecule has 0 amide bonds. The number of fused-ring (bicyclic) bond motifs is 3. The van der Waals surface area contributed by atoms with Gasteiger partial charge in [0, 0.05) is 29.1 Å². The van der Waals surface area contributed by atoms with Crippen molar-refractivity contribution in [3.8, 4) is 5.75 Å². The molecule has 0 unspecified atom stereocenters. The van der Waals surface area contributed by atoms with Crippen LogP contribution in [0.25, 0.3) is 21.7 Å². The Morgan fingerprint density at radius 1 is 0.913 bits per heavy atom. The number of hydrogen-bond donors (Lipinski definition) is 3. The van der Waals surface area contributed by atoms with E-state index in [1.54, 1.807) is 12.1 Å². The second-order valence-corrected chi connectivity index (χ2v) is 4.56. The van der Waals surface area contributed by atoms with Gasteiger partial charge in [-0.05, 0) is 23.6 Å². The SMILES string of the molecule is O=C(O)/C=C\C(=O)O.Oc1ccc2ncc3ccccc3c2c1. The van der Waals surface area contributed by atoms with Gasteiger partial charge in [0.05, 0.1) is 5.52 Å². The van der Waals surface area contributed by atoms with Crippen molar-refractivity contribution >= 4 is 33.6 Å². The van der Waals surface area contributed by atoms with Crippen LogP contribution in [0.5, 0.6) is 5.75 Å². The number of phenols is 1. The zero-order chi connectivity index (χ0) is 16.8. The summed E-state index contributed by atoms with van der Waals surface area (Å²) in [5, 5.41) is 28.3. The normalized spacial score (nSPS) is 10.4. The second kappa shape index (κ2) is 7.04. The first-order valence-corrected chi connectivity index (χ1v) is 6.58. The molecule has 0 atom stereocenters. The number of nitrogens with zero attached hydrogens (tertiary/aromatic N) is 1. The minimum absolute atomic E-state index is 0.278. The summed E-state index contributed by atoms with van der Waals surface area (Å²) in [7, 11) is 0. The molecule has 0 aliphatic rings. The lowest BCUT2D eigenvalue weighted by molar-refractivity contribution is -0.134. The van der Waals surface area contributed by atoms with Crippen LogP contribution in [0.4, 0.5) is 0 Å². The largest absolute Gasteiger partial charge is 0.508 e. The summed E-state index contributed by atoms with van der Waals surface area (Å²) in [6, 6.07) is 13.3. The Kier molecular flexibility index (Phi) is 4.89. The first-order valence-electron chi connectivity index (χ1n) is 6.58. The Labute approximate surface area is 130 Å². The predicted octanol–water partition coefficient (Wildman–Crippen LogP) is 2.81. The van der Waals surface area contributed by atoms with Crippen LogP contribution in [0, 0.1) is 0 Å². The smallest absolute Gasteiger partial charge is 0.328 e. The van der Waals surface area contributed by atoms with E-state index in [2.05, 4.69) is 4.98 Å². The lowest BCUT2D eigenvalue weighted by Gasteiger charge is -2.02. The van der Waals surface area contributed by atoms with Crippen LogP contribution in [0.1, 0.15) is 0 Å². The van der Waals surface area contributed by atoms with Crippen molar-refractivity contribution in [2.24, 2.45) is 0 Å². The molecule has 0 saturated heterocycles. The van der Waals surface area contributed by atoms with Crippen molar-refractivity contribution in [1.29, 1.82) is 0 Å². The molecule has 0 saturated carbocycles.